The molecule has 0 aliphatic heterocycles. The second-order valence-corrected chi connectivity index (χ2v) is 5.61. The van der Waals surface area contributed by atoms with E-state index < -0.39 is 0 Å². The molecule has 114 valence electrons. The lowest BCUT2D eigenvalue weighted by molar-refractivity contribution is 0.139. The van der Waals surface area contributed by atoms with Crippen LogP contribution in [-0.4, -0.2) is 26.3 Å². The molecule has 2 nitrogen and oxygen atoms in total. The Morgan fingerprint density at radius 3 is 2.75 bits per heavy atom. The maximum Gasteiger partial charge on any atom is 0.0466 e. The van der Waals surface area contributed by atoms with Gasteiger partial charge in [0.05, 0.1) is 0 Å². The van der Waals surface area contributed by atoms with Gasteiger partial charge in [0.15, 0.2) is 0 Å². The van der Waals surface area contributed by atoms with E-state index in [4.69, 9.17) is 16.3 Å². The van der Waals surface area contributed by atoms with Gasteiger partial charge in [0.25, 0.3) is 0 Å². The van der Waals surface area contributed by atoms with Gasteiger partial charge in [-0.1, -0.05) is 36.7 Å². The van der Waals surface area contributed by atoms with Crippen LogP contribution in [-0.2, 0) is 11.2 Å². The average Bonchev–Trinajstić information content (AvgIpc) is 2.46. The van der Waals surface area contributed by atoms with Crippen molar-refractivity contribution in [2.75, 3.05) is 26.3 Å². The van der Waals surface area contributed by atoms with E-state index in [1.807, 2.05) is 19.1 Å². The number of benzene rings is 1. The summed E-state index contributed by atoms with van der Waals surface area (Å²) >= 11 is 6.27. The molecule has 0 spiro atoms. The van der Waals surface area contributed by atoms with Crippen LogP contribution < -0.4 is 5.32 Å². The van der Waals surface area contributed by atoms with Gasteiger partial charge in [-0.2, -0.15) is 0 Å². The largest absolute Gasteiger partial charge is 0.382 e. The number of halogens is 1. The van der Waals surface area contributed by atoms with E-state index in [0.717, 1.165) is 44.2 Å². The molecule has 0 saturated heterocycles. The van der Waals surface area contributed by atoms with Crippen molar-refractivity contribution in [3.63, 3.8) is 0 Å². The third kappa shape index (κ3) is 7.28. The summed E-state index contributed by atoms with van der Waals surface area (Å²) in [4.78, 5) is 0. The molecular weight excluding hydrogens is 270 g/mol. The normalized spacial score (nSPS) is 12.6. The van der Waals surface area contributed by atoms with Crippen molar-refractivity contribution in [1.29, 1.82) is 0 Å². The second kappa shape index (κ2) is 11.1. The van der Waals surface area contributed by atoms with Gasteiger partial charge in [0.2, 0.25) is 0 Å². The predicted molar refractivity (Wildman–Crippen MR) is 87.5 cm³/mol. The number of rotatable bonds is 11. The molecule has 1 aromatic rings. The summed E-state index contributed by atoms with van der Waals surface area (Å²) in [7, 11) is 0. The summed E-state index contributed by atoms with van der Waals surface area (Å²) in [6.07, 6.45) is 4.53. The standard InChI is InChI=1S/C17H28ClNO/c1-3-11-19-14-15(8-7-12-20-4-2)13-16-9-5-6-10-17(16)18/h5-6,9-10,15,19H,3-4,7-8,11-14H2,1-2H3. The van der Waals surface area contributed by atoms with Crippen LogP contribution in [0.2, 0.25) is 5.02 Å². The van der Waals surface area contributed by atoms with E-state index in [1.54, 1.807) is 0 Å². The van der Waals surface area contributed by atoms with E-state index in [2.05, 4.69) is 24.4 Å². The van der Waals surface area contributed by atoms with Gasteiger partial charge in [-0.3, -0.25) is 0 Å². The van der Waals surface area contributed by atoms with Crippen molar-refractivity contribution in [1.82, 2.24) is 5.32 Å². The summed E-state index contributed by atoms with van der Waals surface area (Å²) < 4.78 is 5.44. The zero-order valence-electron chi connectivity index (χ0n) is 12.8. The van der Waals surface area contributed by atoms with Crippen molar-refractivity contribution < 1.29 is 4.74 Å². The van der Waals surface area contributed by atoms with E-state index in [-0.39, 0.29) is 0 Å². The van der Waals surface area contributed by atoms with Gasteiger partial charge in [-0.25, -0.2) is 0 Å². The first kappa shape index (κ1) is 17.5. The first-order chi connectivity index (χ1) is 9.77. The van der Waals surface area contributed by atoms with Crippen LogP contribution in [0.25, 0.3) is 0 Å². The second-order valence-electron chi connectivity index (χ2n) is 5.20. The van der Waals surface area contributed by atoms with E-state index in [9.17, 15) is 0 Å². The predicted octanol–water partition coefficient (Wildman–Crippen LogP) is 4.32. The minimum absolute atomic E-state index is 0.627. The van der Waals surface area contributed by atoms with Crippen LogP contribution in [0.4, 0.5) is 0 Å². The van der Waals surface area contributed by atoms with Crippen LogP contribution in [0.3, 0.4) is 0 Å². The summed E-state index contributed by atoms with van der Waals surface area (Å²) in [6, 6.07) is 8.18. The van der Waals surface area contributed by atoms with Crippen LogP contribution in [0, 0.1) is 5.92 Å². The van der Waals surface area contributed by atoms with Gasteiger partial charge in [0, 0.05) is 18.2 Å². The monoisotopic (exact) mass is 297 g/mol. The fourth-order valence-corrected chi connectivity index (χ4v) is 2.57. The van der Waals surface area contributed by atoms with E-state index in [0.29, 0.717) is 5.92 Å². The lowest BCUT2D eigenvalue weighted by Crippen LogP contribution is -2.25. The third-order valence-electron chi connectivity index (χ3n) is 3.43. The SMILES string of the molecule is CCCNCC(CCCOCC)Cc1ccccc1Cl. The molecule has 0 fully saturated rings. The maximum absolute atomic E-state index is 6.27. The summed E-state index contributed by atoms with van der Waals surface area (Å²) in [5.74, 6) is 0.627. The van der Waals surface area contributed by atoms with Gasteiger partial charge in [0.1, 0.15) is 0 Å². The Balaban J connectivity index is 2.46. The Bertz CT molecular complexity index is 357. The Hall–Kier alpha value is -0.570. The first-order valence-electron chi connectivity index (χ1n) is 7.79. The van der Waals surface area contributed by atoms with Gasteiger partial charge >= 0.3 is 0 Å². The van der Waals surface area contributed by atoms with E-state index >= 15 is 0 Å². The van der Waals surface area contributed by atoms with Crippen molar-refractivity contribution in [2.45, 2.75) is 39.5 Å². The Morgan fingerprint density at radius 2 is 2.05 bits per heavy atom. The van der Waals surface area contributed by atoms with E-state index in [1.165, 1.54) is 18.4 Å². The summed E-state index contributed by atoms with van der Waals surface area (Å²) in [5.41, 5.74) is 1.26. The topological polar surface area (TPSA) is 21.3 Å². The van der Waals surface area contributed by atoms with Crippen LogP contribution >= 0.6 is 11.6 Å². The fraction of sp³-hybridized carbons (Fsp3) is 0.647. The maximum atomic E-state index is 6.27. The Morgan fingerprint density at radius 1 is 1.25 bits per heavy atom. The van der Waals surface area contributed by atoms with Gasteiger partial charge < -0.3 is 10.1 Å². The zero-order chi connectivity index (χ0) is 14.6. The average molecular weight is 298 g/mol. The molecule has 1 aromatic carbocycles. The van der Waals surface area contributed by atoms with Crippen molar-refractivity contribution in [2.24, 2.45) is 5.92 Å². The van der Waals surface area contributed by atoms with Crippen LogP contribution in [0.5, 0.6) is 0 Å². The van der Waals surface area contributed by atoms with Crippen LogP contribution in [0.15, 0.2) is 24.3 Å². The molecule has 3 heteroatoms. The minimum atomic E-state index is 0.627. The Kier molecular flexibility index (Phi) is 9.73. The Labute approximate surface area is 128 Å². The van der Waals surface area contributed by atoms with Gasteiger partial charge in [-0.15, -0.1) is 0 Å². The highest BCUT2D eigenvalue weighted by Gasteiger charge is 2.11. The fourth-order valence-electron chi connectivity index (χ4n) is 2.35. The van der Waals surface area contributed by atoms with Gasteiger partial charge in [-0.05, 0) is 63.2 Å². The highest BCUT2D eigenvalue weighted by atomic mass is 35.5. The van der Waals surface area contributed by atoms with Crippen molar-refractivity contribution in [3.05, 3.63) is 34.9 Å². The molecule has 0 radical (unpaired) electrons. The molecule has 0 aromatic heterocycles. The number of ether oxygens (including phenoxy) is 1. The quantitative estimate of drug-likeness (QED) is 0.614. The van der Waals surface area contributed by atoms with Crippen LogP contribution in [0.1, 0.15) is 38.7 Å². The highest BCUT2D eigenvalue weighted by Crippen LogP contribution is 2.21. The third-order valence-corrected chi connectivity index (χ3v) is 3.80. The molecule has 1 unspecified atom stereocenters. The molecule has 0 bridgehead atoms. The lowest BCUT2D eigenvalue weighted by Gasteiger charge is -2.18. The summed E-state index contributed by atoms with van der Waals surface area (Å²) in [5, 5.41) is 4.42. The first-order valence-corrected chi connectivity index (χ1v) is 8.17. The molecule has 1 rings (SSSR count). The summed E-state index contributed by atoms with van der Waals surface area (Å²) in [6.45, 7) is 8.07. The molecule has 0 aliphatic rings. The molecule has 1 atom stereocenters. The molecule has 0 heterocycles. The number of hydrogen-bond acceptors (Lipinski definition) is 2. The lowest BCUT2D eigenvalue weighted by atomic mass is 9.94. The molecule has 1 N–H and O–H groups in total. The number of nitrogens with one attached hydrogen (secondary N) is 1. The zero-order valence-corrected chi connectivity index (χ0v) is 13.6. The number of hydrogen-bond donors (Lipinski definition) is 1. The molecular formula is C17H28ClNO. The van der Waals surface area contributed by atoms with Crippen molar-refractivity contribution >= 4 is 11.6 Å². The molecule has 0 amide bonds. The minimum Gasteiger partial charge on any atom is -0.382 e. The van der Waals surface area contributed by atoms with Crippen molar-refractivity contribution in [3.8, 4) is 0 Å². The smallest absolute Gasteiger partial charge is 0.0466 e. The molecule has 20 heavy (non-hydrogen) atoms. The highest BCUT2D eigenvalue weighted by molar-refractivity contribution is 6.31. The molecule has 0 aliphatic carbocycles. The molecule has 0 saturated carbocycles.